The number of benzene rings is 2. The number of phenolic OH excluding ortho intramolecular Hbond substituents is 2. The second kappa shape index (κ2) is 11.3. The van der Waals surface area contributed by atoms with Crippen LogP contribution >= 0.6 is 0 Å². The lowest BCUT2D eigenvalue weighted by Gasteiger charge is -2.44. The van der Waals surface area contributed by atoms with Crippen LogP contribution in [0.3, 0.4) is 0 Å². The van der Waals surface area contributed by atoms with Crippen LogP contribution in [-0.4, -0.2) is 109 Å². The molecule has 1 aliphatic carbocycles. The zero-order valence-corrected chi connectivity index (χ0v) is 20.7. The van der Waals surface area contributed by atoms with Gasteiger partial charge in [0, 0.05) is 17.7 Å². The van der Waals surface area contributed by atoms with Crippen molar-refractivity contribution in [2.75, 3.05) is 13.2 Å². The summed E-state index contributed by atoms with van der Waals surface area (Å²) in [5.74, 6) is -0.551. The van der Waals surface area contributed by atoms with Gasteiger partial charge in [-0.15, -0.1) is 0 Å². The molecule has 3 heterocycles. The molecule has 0 radical (unpaired) electrons. The molecule has 4 aliphatic rings. The van der Waals surface area contributed by atoms with E-state index in [1.54, 1.807) is 0 Å². The summed E-state index contributed by atoms with van der Waals surface area (Å²) in [7, 11) is 0. The Bertz CT molecular complexity index is 1340. The minimum atomic E-state index is -1.76. The highest BCUT2D eigenvalue weighted by atomic mass is 16.8. The predicted octanol–water partition coefficient (Wildman–Crippen LogP) is -1.54. The molecule has 1 aromatic carbocycles. The maximum absolute atomic E-state index is 12.0. The van der Waals surface area contributed by atoms with E-state index < -0.39 is 79.7 Å². The summed E-state index contributed by atoms with van der Waals surface area (Å²) in [5.41, 5.74) is -0.0848. The van der Waals surface area contributed by atoms with E-state index in [9.17, 15) is 45.6 Å². The third kappa shape index (κ3) is 5.36. The normalized spacial score (nSPS) is 32.7. The van der Waals surface area contributed by atoms with E-state index in [0.29, 0.717) is 5.56 Å². The Balaban J connectivity index is 1.55. The summed E-state index contributed by atoms with van der Waals surface area (Å²) in [5, 5.41) is 81.3. The quantitative estimate of drug-likeness (QED) is 0.170. The smallest absolute Gasteiger partial charge is 0.229 e. The first-order valence-corrected chi connectivity index (χ1v) is 12.3. The largest absolute Gasteiger partial charge is 0.508 e. The Morgan fingerprint density at radius 3 is 2.30 bits per heavy atom. The van der Waals surface area contributed by atoms with Gasteiger partial charge in [-0.2, -0.15) is 0 Å². The molecule has 2 saturated heterocycles. The number of aliphatic hydroxyl groups is 6. The molecule has 0 aromatic heterocycles. The summed E-state index contributed by atoms with van der Waals surface area (Å²) >= 11 is 0. The van der Waals surface area contributed by atoms with Crippen LogP contribution in [0.1, 0.15) is 0 Å². The Labute approximate surface area is 225 Å². The Morgan fingerprint density at radius 1 is 0.875 bits per heavy atom. The molecule has 8 N–H and O–H groups in total. The summed E-state index contributed by atoms with van der Waals surface area (Å²) in [6, 6.07) is 9.14. The second-order valence-electron chi connectivity index (χ2n) is 9.52. The van der Waals surface area contributed by atoms with E-state index in [4.69, 9.17) is 23.4 Å². The van der Waals surface area contributed by atoms with Crippen LogP contribution in [0.5, 0.6) is 17.2 Å². The fourth-order valence-corrected chi connectivity index (χ4v) is 4.55. The van der Waals surface area contributed by atoms with Crippen molar-refractivity contribution in [1.29, 1.82) is 0 Å². The molecule has 5 rings (SSSR count). The molecule has 14 nitrogen and oxygen atoms in total. The molecule has 14 heteroatoms. The van der Waals surface area contributed by atoms with Crippen molar-refractivity contribution in [1.82, 2.24) is 0 Å². The standard InChI is InChI=1S/C26H28O14/c27-8-18-20(33)21(34)24(40-25-22(35)19(32)15(31)9-36-25)26(39-18)38-17-7-13-14(30)5-12(29)6-16(13)37-23(17)10-1-3-11(28)4-2-10/h1-7,15,18-22,24-28,30-35H,8-9H2/t15-,18-,19+,20-,21+,22-,24-,25+,26-/m1/s1. The van der Waals surface area contributed by atoms with E-state index in [-0.39, 0.29) is 28.6 Å². The lowest BCUT2D eigenvalue weighted by molar-refractivity contribution is -0.344. The Hall–Kier alpha value is -3.31. The highest BCUT2D eigenvalue weighted by Gasteiger charge is 2.50. The lowest BCUT2D eigenvalue weighted by atomic mass is 9.98. The molecule has 3 aliphatic heterocycles. The zero-order valence-electron chi connectivity index (χ0n) is 20.7. The average molecular weight is 564 g/mol. The molecule has 0 saturated carbocycles. The molecule has 40 heavy (non-hydrogen) atoms. The number of phenols is 2. The number of fused-ring (bicyclic) bond motifs is 1. The van der Waals surface area contributed by atoms with Gasteiger partial charge in [-0.05, 0) is 30.3 Å². The Kier molecular flexibility index (Phi) is 7.96. The fraction of sp³-hybridized carbons (Fsp3) is 0.423. The summed E-state index contributed by atoms with van der Waals surface area (Å²) in [6.07, 6.45) is -14.3. The third-order valence-corrected chi connectivity index (χ3v) is 6.75. The minimum Gasteiger partial charge on any atom is -0.508 e. The van der Waals surface area contributed by atoms with Gasteiger partial charge >= 0.3 is 0 Å². The van der Waals surface area contributed by atoms with Crippen molar-refractivity contribution in [2.24, 2.45) is 0 Å². The van der Waals surface area contributed by atoms with Gasteiger partial charge in [-0.25, -0.2) is 0 Å². The number of rotatable bonds is 6. The minimum absolute atomic E-state index is 0.00718. The van der Waals surface area contributed by atoms with Crippen molar-refractivity contribution in [3.63, 3.8) is 0 Å². The lowest BCUT2D eigenvalue weighted by Crippen LogP contribution is -2.63. The summed E-state index contributed by atoms with van der Waals surface area (Å²) < 4.78 is 28.5. The van der Waals surface area contributed by atoms with Gasteiger partial charge < -0.3 is 64.2 Å². The van der Waals surface area contributed by atoms with Crippen LogP contribution in [0.25, 0.3) is 22.6 Å². The number of ether oxygens (including phenoxy) is 4. The topological polar surface area (TPSA) is 229 Å². The number of hydrogen-bond donors (Lipinski definition) is 8. The molecule has 9 atom stereocenters. The van der Waals surface area contributed by atoms with Crippen LogP contribution in [-0.2, 0) is 14.2 Å². The van der Waals surface area contributed by atoms with Crippen molar-refractivity contribution < 1.29 is 64.2 Å². The van der Waals surface area contributed by atoms with E-state index in [1.807, 2.05) is 0 Å². The SMILES string of the molecule is O=c1cc2oc(-c3ccc(O)cc3)c(O[C@@H]3O[C@H](CO)[C@@H](O)[C@H](O)[C@H]3O[C@@H]3OC[C@@H](O)[C@H](O)[C@H]3O)cc-2c(O)c1. The molecule has 0 amide bonds. The second-order valence-corrected chi connectivity index (χ2v) is 9.52. The third-order valence-electron chi connectivity index (χ3n) is 6.75. The molecule has 2 fully saturated rings. The zero-order chi connectivity index (χ0) is 28.7. The van der Waals surface area contributed by atoms with Gasteiger partial charge in [0.15, 0.2) is 29.3 Å². The van der Waals surface area contributed by atoms with E-state index >= 15 is 0 Å². The van der Waals surface area contributed by atoms with E-state index in [0.717, 1.165) is 12.1 Å². The van der Waals surface area contributed by atoms with Crippen molar-refractivity contribution in [3.05, 3.63) is 52.7 Å². The van der Waals surface area contributed by atoms with Crippen molar-refractivity contribution >= 4 is 0 Å². The van der Waals surface area contributed by atoms with Crippen LogP contribution in [0.2, 0.25) is 0 Å². The summed E-state index contributed by atoms with van der Waals surface area (Å²) in [4.78, 5) is 12.0. The first-order valence-electron chi connectivity index (χ1n) is 12.3. The monoisotopic (exact) mass is 564 g/mol. The number of hydrogen-bond acceptors (Lipinski definition) is 14. The summed E-state index contributed by atoms with van der Waals surface area (Å²) in [6.45, 7) is -1.13. The molecule has 216 valence electrons. The van der Waals surface area contributed by atoms with Crippen molar-refractivity contribution in [2.45, 2.75) is 55.3 Å². The molecule has 0 bridgehead atoms. The van der Waals surface area contributed by atoms with Crippen LogP contribution < -0.4 is 10.2 Å². The van der Waals surface area contributed by atoms with Gasteiger partial charge in [0.2, 0.25) is 6.29 Å². The van der Waals surface area contributed by atoms with E-state index in [2.05, 4.69) is 0 Å². The number of aromatic hydroxyl groups is 2. The van der Waals surface area contributed by atoms with Gasteiger partial charge in [0.25, 0.3) is 0 Å². The maximum Gasteiger partial charge on any atom is 0.229 e. The van der Waals surface area contributed by atoms with Gasteiger partial charge in [-0.1, -0.05) is 0 Å². The van der Waals surface area contributed by atoms with Gasteiger partial charge in [0.05, 0.1) is 18.8 Å². The Morgan fingerprint density at radius 2 is 1.60 bits per heavy atom. The highest BCUT2D eigenvalue weighted by Crippen LogP contribution is 2.42. The highest BCUT2D eigenvalue weighted by molar-refractivity contribution is 5.75. The first-order chi connectivity index (χ1) is 19.1. The van der Waals surface area contributed by atoms with Crippen molar-refractivity contribution in [3.8, 4) is 39.9 Å². The first kappa shape index (κ1) is 28.2. The van der Waals surface area contributed by atoms with E-state index in [1.165, 1.54) is 30.3 Å². The molecule has 0 spiro atoms. The maximum atomic E-state index is 12.0. The molecule has 1 aromatic rings. The average Bonchev–Trinajstić information content (AvgIpc) is 2.93. The van der Waals surface area contributed by atoms with Gasteiger partial charge in [0.1, 0.15) is 53.9 Å². The molecule has 0 unspecified atom stereocenters. The molecular weight excluding hydrogens is 536 g/mol. The van der Waals surface area contributed by atoms with Crippen LogP contribution in [0.15, 0.2) is 51.7 Å². The predicted molar refractivity (Wildman–Crippen MR) is 131 cm³/mol. The van der Waals surface area contributed by atoms with Crippen LogP contribution in [0.4, 0.5) is 0 Å². The molecular formula is C26H28O14. The number of aliphatic hydroxyl groups excluding tert-OH is 6. The van der Waals surface area contributed by atoms with Crippen LogP contribution in [0, 0.1) is 0 Å². The van der Waals surface area contributed by atoms with Gasteiger partial charge in [-0.3, -0.25) is 4.79 Å². The fourth-order valence-electron chi connectivity index (χ4n) is 4.55.